The Morgan fingerprint density at radius 2 is 1.94 bits per heavy atom. The summed E-state index contributed by atoms with van der Waals surface area (Å²) < 4.78 is 19.6. The van der Waals surface area contributed by atoms with Crippen molar-refractivity contribution in [1.29, 1.82) is 0 Å². The van der Waals surface area contributed by atoms with E-state index >= 15 is 0 Å². The second kappa shape index (κ2) is 11.8. The van der Waals surface area contributed by atoms with E-state index in [1.54, 1.807) is 24.3 Å². The molecule has 1 aromatic heterocycles. The number of aromatic nitrogens is 2. The molecule has 2 heterocycles. The van der Waals surface area contributed by atoms with Crippen LogP contribution in [0.15, 0.2) is 24.3 Å². The van der Waals surface area contributed by atoms with Crippen LogP contribution in [-0.2, 0) is 16.2 Å². The first-order chi connectivity index (χ1) is 16.2. The van der Waals surface area contributed by atoms with E-state index < -0.39 is 17.0 Å². The fraction of sp³-hybridized carbons (Fsp3) is 0.571. The van der Waals surface area contributed by atoms with E-state index in [0.717, 1.165) is 11.7 Å². The normalized spacial score (nSPS) is 15.4. The van der Waals surface area contributed by atoms with E-state index in [1.165, 1.54) is 4.90 Å². The number of morpholine rings is 1. The number of ether oxygens (including phenoxy) is 2. The van der Waals surface area contributed by atoms with Crippen molar-refractivity contribution in [3.05, 3.63) is 35.4 Å². The van der Waals surface area contributed by atoms with Gasteiger partial charge in [0.2, 0.25) is 5.82 Å². The van der Waals surface area contributed by atoms with Crippen LogP contribution < -0.4 is 9.64 Å². The van der Waals surface area contributed by atoms with E-state index in [1.807, 2.05) is 25.7 Å². The van der Waals surface area contributed by atoms with Crippen LogP contribution in [0, 0.1) is 0 Å². The Labute approximate surface area is 202 Å². The third kappa shape index (κ3) is 7.06. The minimum atomic E-state index is -0.990. The van der Waals surface area contributed by atoms with Gasteiger partial charge in [-0.05, 0) is 32.4 Å². The monoisotopic (exact) mass is 497 g/mol. The minimum Gasteiger partial charge on any atom is -0.472 e. The number of aliphatic hydroxyl groups excluding tert-OH is 1. The molecule has 0 saturated carbocycles. The molecule has 3 N–H and O–H groups in total. The quantitative estimate of drug-likeness (QED) is 0.412. The summed E-state index contributed by atoms with van der Waals surface area (Å²) in [7, 11) is 0. The number of amides is 1. The van der Waals surface area contributed by atoms with Crippen molar-refractivity contribution in [3.8, 4) is 5.88 Å². The molecule has 1 aromatic carbocycles. The SMILES string of the molecule is CC(C)(C)N(CC(O)COc1nsnc1N1CCOCC1)C(=O)c1ccccc1CON(O)O. The summed E-state index contributed by atoms with van der Waals surface area (Å²) in [6, 6.07) is 6.69. The first-order valence-electron chi connectivity index (χ1n) is 10.8. The van der Waals surface area contributed by atoms with E-state index in [9.17, 15) is 9.90 Å². The number of hydrogen-bond acceptors (Lipinski definition) is 12. The molecule has 0 aliphatic carbocycles. The lowest BCUT2D eigenvalue weighted by Gasteiger charge is -2.37. The smallest absolute Gasteiger partial charge is 0.270 e. The molecule has 3 rings (SSSR count). The van der Waals surface area contributed by atoms with Crippen LogP contribution >= 0.6 is 11.7 Å². The summed E-state index contributed by atoms with van der Waals surface area (Å²) >= 11 is 1.04. The third-order valence-electron chi connectivity index (χ3n) is 5.20. The standard InChI is InChI=1S/C21H31N5O7S/c1-21(2,3)25(20(28)17-7-5-4-6-15(17)13-33-26(29)30)12-16(27)14-32-19-18(22-34-23-19)24-8-10-31-11-9-24/h4-7,16,27,29-30H,8-14H2,1-3H3. The molecule has 13 heteroatoms. The predicted molar refractivity (Wildman–Crippen MR) is 122 cm³/mol. The van der Waals surface area contributed by atoms with Gasteiger partial charge in [0.25, 0.3) is 11.8 Å². The maximum absolute atomic E-state index is 13.4. The van der Waals surface area contributed by atoms with Crippen LogP contribution in [0.3, 0.4) is 0 Å². The van der Waals surface area contributed by atoms with Crippen molar-refractivity contribution in [1.82, 2.24) is 19.0 Å². The number of β-amino-alcohol motifs (C(OH)–C–C–N with tert-alkyl or cyclic N) is 1. The van der Waals surface area contributed by atoms with E-state index in [2.05, 4.69) is 13.6 Å². The highest BCUT2D eigenvalue weighted by Gasteiger charge is 2.31. The second-order valence-corrected chi connectivity index (χ2v) is 9.26. The van der Waals surface area contributed by atoms with Gasteiger partial charge in [0.05, 0.1) is 43.5 Å². The predicted octanol–water partition coefficient (Wildman–Crippen LogP) is 1.57. The lowest BCUT2D eigenvalue weighted by atomic mass is 10.0. The molecule has 1 saturated heterocycles. The van der Waals surface area contributed by atoms with Crippen molar-refractivity contribution in [2.24, 2.45) is 0 Å². The Hall–Kier alpha value is -2.39. The molecule has 0 radical (unpaired) electrons. The molecular formula is C21H31N5O7S. The molecule has 188 valence electrons. The van der Waals surface area contributed by atoms with Crippen LogP contribution in [0.25, 0.3) is 0 Å². The highest BCUT2D eigenvalue weighted by Crippen LogP contribution is 2.27. The Kier molecular flexibility index (Phi) is 9.13. The zero-order chi connectivity index (χ0) is 24.7. The summed E-state index contributed by atoms with van der Waals surface area (Å²) in [4.78, 5) is 21.7. The third-order valence-corrected chi connectivity index (χ3v) is 5.70. The van der Waals surface area contributed by atoms with Crippen molar-refractivity contribution in [2.75, 3.05) is 44.4 Å². The van der Waals surface area contributed by atoms with Crippen LogP contribution in [0.5, 0.6) is 5.88 Å². The van der Waals surface area contributed by atoms with Crippen molar-refractivity contribution < 1.29 is 34.6 Å². The fourth-order valence-corrected chi connectivity index (χ4v) is 3.98. The topological polar surface area (TPSA) is 141 Å². The van der Waals surface area contributed by atoms with Crippen molar-refractivity contribution >= 4 is 23.5 Å². The van der Waals surface area contributed by atoms with Gasteiger partial charge in [0.1, 0.15) is 12.7 Å². The lowest BCUT2D eigenvalue weighted by molar-refractivity contribution is -0.497. The number of carbonyl (C=O) groups is 1. The van der Waals surface area contributed by atoms with Crippen LogP contribution in [0.2, 0.25) is 0 Å². The summed E-state index contributed by atoms with van der Waals surface area (Å²) in [6.07, 6.45) is -0.990. The molecule has 0 spiro atoms. The molecular weight excluding hydrogens is 466 g/mol. The molecule has 1 fully saturated rings. The van der Waals surface area contributed by atoms with Gasteiger partial charge in [-0.2, -0.15) is 4.37 Å². The largest absolute Gasteiger partial charge is 0.472 e. The molecule has 0 bridgehead atoms. The van der Waals surface area contributed by atoms with Crippen molar-refractivity contribution in [2.45, 2.75) is 39.0 Å². The summed E-state index contributed by atoms with van der Waals surface area (Å²) in [5.41, 5.74) is 0.169. The maximum Gasteiger partial charge on any atom is 0.270 e. The summed E-state index contributed by atoms with van der Waals surface area (Å²) in [5.74, 6) is 0.636. The zero-order valence-electron chi connectivity index (χ0n) is 19.5. The van der Waals surface area contributed by atoms with Gasteiger partial charge in [-0.3, -0.25) is 15.2 Å². The number of aliphatic hydroxyl groups is 1. The first kappa shape index (κ1) is 26.2. The number of hydrogen-bond donors (Lipinski definition) is 3. The number of carbonyl (C=O) groups excluding carboxylic acids is 1. The van der Waals surface area contributed by atoms with Gasteiger partial charge in [0, 0.05) is 24.2 Å². The molecule has 1 aliphatic heterocycles. The van der Waals surface area contributed by atoms with Crippen molar-refractivity contribution in [3.63, 3.8) is 0 Å². The molecule has 12 nitrogen and oxygen atoms in total. The van der Waals surface area contributed by atoms with Crippen LogP contribution in [-0.4, -0.2) is 91.6 Å². The minimum absolute atomic E-state index is 0.00804. The highest BCUT2D eigenvalue weighted by molar-refractivity contribution is 6.99. The van der Waals surface area contributed by atoms with E-state index in [-0.39, 0.29) is 25.7 Å². The first-order valence-corrected chi connectivity index (χ1v) is 11.6. The number of nitrogens with zero attached hydrogens (tertiary/aromatic N) is 5. The van der Waals surface area contributed by atoms with Crippen LogP contribution in [0.4, 0.5) is 5.82 Å². The second-order valence-electron chi connectivity index (χ2n) is 8.73. The average Bonchev–Trinajstić information content (AvgIpc) is 3.28. The molecule has 34 heavy (non-hydrogen) atoms. The molecule has 1 amide bonds. The Balaban J connectivity index is 1.67. The summed E-state index contributed by atoms with van der Waals surface area (Å²) in [5, 5.41) is 28.0. The lowest BCUT2D eigenvalue weighted by Crippen LogP contribution is -2.50. The Bertz CT molecular complexity index is 930. The molecule has 1 atom stereocenters. The number of benzene rings is 1. The fourth-order valence-electron chi connectivity index (χ4n) is 3.46. The molecule has 1 unspecified atom stereocenters. The Morgan fingerprint density at radius 3 is 2.62 bits per heavy atom. The van der Waals surface area contributed by atoms with Crippen LogP contribution in [0.1, 0.15) is 36.7 Å². The van der Waals surface area contributed by atoms with E-state index in [0.29, 0.717) is 49.1 Å². The van der Waals surface area contributed by atoms with Gasteiger partial charge in [0.15, 0.2) is 0 Å². The van der Waals surface area contributed by atoms with Gasteiger partial charge >= 0.3 is 0 Å². The summed E-state index contributed by atoms with van der Waals surface area (Å²) in [6.45, 7) is 7.87. The van der Waals surface area contributed by atoms with Gasteiger partial charge in [-0.15, -0.1) is 4.37 Å². The van der Waals surface area contributed by atoms with Gasteiger partial charge in [-0.1, -0.05) is 18.2 Å². The molecule has 2 aromatic rings. The average molecular weight is 498 g/mol. The van der Waals surface area contributed by atoms with Gasteiger partial charge < -0.3 is 24.4 Å². The van der Waals surface area contributed by atoms with Gasteiger partial charge in [-0.25, -0.2) is 4.84 Å². The van der Waals surface area contributed by atoms with E-state index in [4.69, 9.17) is 19.9 Å². The maximum atomic E-state index is 13.4. The molecule has 1 aliphatic rings. The number of rotatable bonds is 10. The highest BCUT2D eigenvalue weighted by atomic mass is 32.1. The number of anilines is 1. The Morgan fingerprint density at radius 1 is 1.24 bits per heavy atom. The zero-order valence-corrected chi connectivity index (χ0v) is 20.3.